The largest absolute Gasteiger partial charge is 0.503 e. The third kappa shape index (κ3) is 4.42. The van der Waals surface area contributed by atoms with Gasteiger partial charge in [0.25, 0.3) is 5.91 Å². The summed E-state index contributed by atoms with van der Waals surface area (Å²) in [6.45, 7) is 7.96. The first-order valence-corrected chi connectivity index (χ1v) is 10.9. The van der Waals surface area contributed by atoms with Gasteiger partial charge in [-0.1, -0.05) is 12.1 Å². The van der Waals surface area contributed by atoms with Gasteiger partial charge < -0.3 is 23.9 Å². The van der Waals surface area contributed by atoms with Gasteiger partial charge in [-0.15, -0.1) is 0 Å². The van der Waals surface area contributed by atoms with Crippen molar-refractivity contribution in [2.45, 2.75) is 19.9 Å². The van der Waals surface area contributed by atoms with Gasteiger partial charge in [-0.2, -0.15) is 0 Å². The zero-order valence-corrected chi connectivity index (χ0v) is 18.4. The maximum Gasteiger partial charge on any atom is 0.290 e. The van der Waals surface area contributed by atoms with Crippen LogP contribution in [0.3, 0.4) is 0 Å². The number of aliphatic hydroxyl groups excluding tert-OH is 1. The molecule has 170 valence electrons. The number of ketones is 1. The average molecular weight is 440 g/mol. The van der Waals surface area contributed by atoms with E-state index in [1.165, 1.54) is 0 Å². The molecular formula is C24H28N2O6. The molecule has 0 radical (unpaired) electrons. The number of amides is 1. The van der Waals surface area contributed by atoms with Crippen LogP contribution in [0.5, 0.6) is 5.75 Å². The smallest absolute Gasteiger partial charge is 0.290 e. The Bertz CT molecular complexity index is 1020. The number of morpholine rings is 1. The minimum Gasteiger partial charge on any atom is -0.503 e. The Labute approximate surface area is 187 Å². The Morgan fingerprint density at radius 3 is 2.66 bits per heavy atom. The molecular weight excluding hydrogens is 412 g/mol. The lowest BCUT2D eigenvalue weighted by Gasteiger charge is -2.31. The molecule has 1 saturated heterocycles. The van der Waals surface area contributed by atoms with Crippen molar-refractivity contribution in [1.82, 2.24) is 9.80 Å². The van der Waals surface area contributed by atoms with E-state index in [0.29, 0.717) is 50.0 Å². The fraction of sp³-hybridized carbons (Fsp3) is 0.417. The second-order valence-corrected chi connectivity index (χ2v) is 7.86. The van der Waals surface area contributed by atoms with E-state index in [2.05, 4.69) is 4.90 Å². The monoisotopic (exact) mass is 440 g/mol. The summed E-state index contributed by atoms with van der Waals surface area (Å²) >= 11 is 0. The quantitative estimate of drug-likeness (QED) is 0.631. The molecule has 0 spiro atoms. The van der Waals surface area contributed by atoms with Crippen LogP contribution in [-0.4, -0.2) is 72.6 Å². The standard InChI is InChI=1S/C24H28N2O6/c1-3-31-18-6-4-5-17(15-18)21-20(22(27)19-8-7-16(2)32-19)23(28)24(29)26(21)10-9-25-11-13-30-14-12-25/h4-8,15,21,28H,3,9-14H2,1-2H3/t21-/m0/s1. The van der Waals surface area contributed by atoms with Crippen LogP contribution in [0.1, 0.15) is 34.8 Å². The molecule has 2 aliphatic rings. The molecule has 1 aromatic carbocycles. The Kier molecular flexibility index (Phi) is 6.62. The summed E-state index contributed by atoms with van der Waals surface area (Å²) in [7, 11) is 0. The highest BCUT2D eigenvalue weighted by molar-refractivity contribution is 6.15. The van der Waals surface area contributed by atoms with Crippen LogP contribution in [0.15, 0.2) is 52.1 Å². The molecule has 1 atom stereocenters. The predicted octanol–water partition coefficient (Wildman–Crippen LogP) is 2.90. The van der Waals surface area contributed by atoms with Crippen molar-refractivity contribution in [1.29, 1.82) is 0 Å². The normalized spacial score (nSPS) is 19.6. The summed E-state index contributed by atoms with van der Waals surface area (Å²) in [5, 5.41) is 10.8. The van der Waals surface area contributed by atoms with Crippen molar-refractivity contribution >= 4 is 11.7 Å². The third-order valence-corrected chi connectivity index (χ3v) is 5.76. The van der Waals surface area contributed by atoms with E-state index in [1.54, 1.807) is 24.0 Å². The molecule has 1 N–H and O–H groups in total. The van der Waals surface area contributed by atoms with Gasteiger partial charge in [-0.25, -0.2) is 0 Å². The van der Waals surface area contributed by atoms with Gasteiger partial charge in [-0.3, -0.25) is 14.5 Å². The molecule has 1 aromatic heterocycles. The van der Waals surface area contributed by atoms with E-state index < -0.39 is 23.5 Å². The van der Waals surface area contributed by atoms with Gasteiger partial charge in [0.1, 0.15) is 11.5 Å². The van der Waals surface area contributed by atoms with Crippen LogP contribution >= 0.6 is 0 Å². The van der Waals surface area contributed by atoms with Gasteiger partial charge in [-0.05, 0) is 43.7 Å². The van der Waals surface area contributed by atoms with E-state index in [1.807, 2.05) is 31.2 Å². The van der Waals surface area contributed by atoms with Crippen molar-refractivity contribution in [2.24, 2.45) is 0 Å². The van der Waals surface area contributed by atoms with Crippen LogP contribution in [0, 0.1) is 6.92 Å². The Balaban J connectivity index is 1.68. The number of aliphatic hydroxyl groups is 1. The second kappa shape index (κ2) is 9.58. The van der Waals surface area contributed by atoms with Gasteiger partial charge in [0, 0.05) is 26.2 Å². The number of Topliss-reactive ketones (excluding diaryl/α,β-unsaturated/α-hetero) is 1. The molecule has 1 fully saturated rings. The number of hydrogen-bond donors (Lipinski definition) is 1. The molecule has 0 bridgehead atoms. The first-order chi connectivity index (χ1) is 15.5. The number of carbonyl (C=O) groups is 2. The number of ether oxygens (including phenoxy) is 2. The number of benzene rings is 1. The van der Waals surface area contributed by atoms with E-state index in [-0.39, 0.29) is 11.3 Å². The van der Waals surface area contributed by atoms with E-state index in [4.69, 9.17) is 13.9 Å². The summed E-state index contributed by atoms with van der Waals surface area (Å²) < 4.78 is 16.5. The molecule has 8 heteroatoms. The molecule has 3 heterocycles. The molecule has 0 unspecified atom stereocenters. The lowest BCUT2D eigenvalue weighted by molar-refractivity contribution is -0.129. The van der Waals surface area contributed by atoms with Crippen LogP contribution < -0.4 is 4.74 Å². The molecule has 8 nitrogen and oxygen atoms in total. The van der Waals surface area contributed by atoms with Gasteiger partial charge in [0.2, 0.25) is 5.78 Å². The zero-order valence-electron chi connectivity index (χ0n) is 18.4. The first-order valence-electron chi connectivity index (χ1n) is 10.9. The van der Waals surface area contributed by atoms with Gasteiger partial charge in [0.15, 0.2) is 11.5 Å². The van der Waals surface area contributed by atoms with Crippen molar-refractivity contribution in [3.8, 4) is 5.75 Å². The number of rotatable bonds is 8. The fourth-order valence-electron chi connectivity index (χ4n) is 4.17. The van der Waals surface area contributed by atoms with Gasteiger partial charge in [0.05, 0.1) is 31.4 Å². The summed E-state index contributed by atoms with van der Waals surface area (Å²) in [5.74, 6) is -0.272. The molecule has 2 aliphatic heterocycles. The summed E-state index contributed by atoms with van der Waals surface area (Å²) in [6.07, 6.45) is 0. The van der Waals surface area contributed by atoms with Crippen LogP contribution in [0.25, 0.3) is 0 Å². The lowest BCUT2D eigenvalue weighted by Crippen LogP contribution is -2.43. The van der Waals surface area contributed by atoms with Gasteiger partial charge >= 0.3 is 0 Å². The Morgan fingerprint density at radius 1 is 1.19 bits per heavy atom. The number of furan rings is 1. The van der Waals surface area contributed by atoms with E-state index in [9.17, 15) is 14.7 Å². The minimum atomic E-state index is -0.734. The highest BCUT2D eigenvalue weighted by atomic mass is 16.5. The number of aryl methyl sites for hydroxylation is 1. The highest BCUT2D eigenvalue weighted by Crippen LogP contribution is 2.40. The summed E-state index contributed by atoms with van der Waals surface area (Å²) in [6, 6.07) is 9.79. The lowest BCUT2D eigenvalue weighted by atomic mass is 9.95. The number of carbonyl (C=O) groups excluding carboxylic acids is 2. The van der Waals surface area contributed by atoms with Crippen molar-refractivity contribution in [2.75, 3.05) is 46.0 Å². The maximum atomic E-state index is 13.3. The van der Waals surface area contributed by atoms with E-state index >= 15 is 0 Å². The third-order valence-electron chi connectivity index (χ3n) is 5.76. The predicted molar refractivity (Wildman–Crippen MR) is 117 cm³/mol. The van der Waals surface area contributed by atoms with Crippen LogP contribution in [0.2, 0.25) is 0 Å². The summed E-state index contributed by atoms with van der Waals surface area (Å²) in [5.41, 5.74) is 0.724. The molecule has 4 rings (SSSR count). The molecule has 32 heavy (non-hydrogen) atoms. The first kappa shape index (κ1) is 22.1. The Hall–Kier alpha value is -3.10. The van der Waals surface area contributed by atoms with Crippen molar-refractivity contribution in [3.05, 3.63) is 64.8 Å². The topological polar surface area (TPSA) is 92.5 Å². The maximum absolute atomic E-state index is 13.3. The van der Waals surface area contributed by atoms with E-state index in [0.717, 1.165) is 13.1 Å². The fourth-order valence-corrected chi connectivity index (χ4v) is 4.17. The summed E-state index contributed by atoms with van der Waals surface area (Å²) in [4.78, 5) is 30.2. The number of hydrogen-bond acceptors (Lipinski definition) is 7. The number of nitrogens with zero attached hydrogens (tertiary/aromatic N) is 2. The molecule has 2 aromatic rings. The average Bonchev–Trinajstić information content (AvgIpc) is 3.34. The van der Waals surface area contributed by atoms with Crippen molar-refractivity contribution < 1.29 is 28.6 Å². The van der Waals surface area contributed by atoms with Crippen molar-refractivity contribution in [3.63, 3.8) is 0 Å². The molecule has 1 amide bonds. The Morgan fingerprint density at radius 2 is 1.97 bits per heavy atom. The second-order valence-electron chi connectivity index (χ2n) is 7.86. The molecule has 0 saturated carbocycles. The molecule has 0 aliphatic carbocycles. The highest BCUT2D eigenvalue weighted by Gasteiger charge is 2.44. The minimum absolute atomic E-state index is 0.0278. The zero-order chi connectivity index (χ0) is 22.7. The van der Waals surface area contributed by atoms with Crippen LogP contribution in [0.4, 0.5) is 0 Å². The SMILES string of the molecule is CCOc1cccc([C@H]2C(C(=O)c3ccc(C)o3)=C(O)C(=O)N2CCN2CCOCC2)c1. The van der Waals surface area contributed by atoms with Crippen LogP contribution in [-0.2, 0) is 9.53 Å².